The van der Waals surface area contributed by atoms with Crippen molar-refractivity contribution in [3.63, 3.8) is 0 Å². The smallest absolute Gasteiger partial charge is 0.194 e. The molecule has 17 heavy (non-hydrogen) atoms. The molecule has 1 unspecified atom stereocenters. The topological polar surface area (TPSA) is 57.9 Å². The minimum absolute atomic E-state index is 0.378. The molecule has 0 radical (unpaired) electrons. The lowest BCUT2D eigenvalue weighted by Gasteiger charge is -2.14. The van der Waals surface area contributed by atoms with Gasteiger partial charge in [0.2, 0.25) is 0 Å². The van der Waals surface area contributed by atoms with E-state index in [9.17, 15) is 17.2 Å². The van der Waals surface area contributed by atoms with Gasteiger partial charge in [-0.3, -0.25) is 0 Å². The Balaban J connectivity index is 3.32. The van der Waals surface area contributed by atoms with Gasteiger partial charge in [-0.05, 0) is 24.1 Å². The number of benzene rings is 1. The Labute approximate surface area is 98.6 Å². The van der Waals surface area contributed by atoms with Crippen molar-refractivity contribution in [2.75, 3.05) is 0 Å². The monoisotopic (exact) mass is 259 g/mol. The lowest BCUT2D eigenvalue weighted by Crippen LogP contribution is -2.25. The number of nitrogens with zero attached hydrogens (tertiary/aromatic N) is 1. The van der Waals surface area contributed by atoms with Gasteiger partial charge in [0, 0.05) is 0 Å². The van der Waals surface area contributed by atoms with Crippen molar-refractivity contribution >= 4 is 9.84 Å². The van der Waals surface area contributed by atoms with Crippen LogP contribution in [0.5, 0.6) is 0 Å². The third-order valence-electron chi connectivity index (χ3n) is 2.29. The van der Waals surface area contributed by atoms with E-state index < -0.39 is 32.6 Å². The third-order valence-corrected chi connectivity index (χ3v) is 4.52. The molecular formula is C11H11F2NO2S. The number of rotatable bonds is 3. The lowest BCUT2D eigenvalue weighted by atomic mass is 10.1. The van der Waals surface area contributed by atoms with E-state index in [0.717, 1.165) is 12.1 Å². The maximum absolute atomic E-state index is 13.0. The highest BCUT2D eigenvalue weighted by atomic mass is 32.2. The highest BCUT2D eigenvalue weighted by Crippen LogP contribution is 2.22. The fourth-order valence-electron chi connectivity index (χ4n) is 1.38. The molecule has 0 N–H and O–H groups in total. The van der Waals surface area contributed by atoms with Gasteiger partial charge in [0.1, 0.15) is 0 Å². The minimum Gasteiger partial charge on any atom is -0.222 e. The predicted octanol–water partition coefficient (Wildman–Crippen LogP) is 2.29. The molecule has 1 rings (SSSR count). The maximum Gasteiger partial charge on any atom is 0.194 e. The summed E-state index contributed by atoms with van der Waals surface area (Å²) in [6, 6.07) is 3.96. The fraction of sp³-hybridized carbons (Fsp3) is 0.364. The number of nitriles is 1. The summed E-state index contributed by atoms with van der Waals surface area (Å²) in [6.45, 7) is 3.15. The summed E-state index contributed by atoms with van der Waals surface area (Å²) in [5.41, 5.74) is 0. The molecule has 0 saturated heterocycles. The summed E-state index contributed by atoms with van der Waals surface area (Å²) in [7, 11) is -3.96. The van der Waals surface area contributed by atoms with Gasteiger partial charge in [0.05, 0.1) is 11.0 Å². The molecule has 0 aliphatic rings. The number of hydrogen-bond acceptors (Lipinski definition) is 3. The number of halogens is 2. The van der Waals surface area contributed by atoms with Gasteiger partial charge in [-0.1, -0.05) is 13.8 Å². The second kappa shape index (κ2) is 4.80. The van der Waals surface area contributed by atoms with Crippen molar-refractivity contribution in [1.82, 2.24) is 0 Å². The van der Waals surface area contributed by atoms with E-state index in [-0.39, 0.29) is 4.90 Å². The Morgan fingerprint density at radius 2 is 1.82 bits per heavy atom. The summed E-state index contributed by atoms with van der Waals surface area (Å²) in [5.74, 6) is -2.80. The van der Waals surface area contributed by atoms with Crippen LogP contribution in [0.1, 0.15) is 13.8 Å². The van der Waals surface area contributed by atoms with E-state index in [4.69, 9.17) is 5.26 Å². The van der Waals surface area contributed by atoms with Gasteiger partial charge < -0.3 is 0 Å². The van der Waals surface area contributed by atoms with E-state index in [1.807, 2.05) is 0 Å². The standard InChI is InChI=1S/C11H11F2NO2S/c1-7(2)11(6-14)17(15,16)8-3-4-9(12)10(13)5-8/h3-5,7,11H,1-2H3. The molecule has 1 aromatic rings. The van der Waals surface area contributed by atoms with Crippen LogP contribution in [0.3, 0.4) is 0 Å². The van der Waals surface area contributed by atoms with Crippen molar-refractivity contribution in [2.24, 2.45) is 5.92 Å². The SMILES string of the molecule is CC(C)C(C#N)S(=O)(=O)c1ccc(F)c(F)c1. The van der Waals surface area contributed by atoms with Crippen LogP contribution < -0.4 is 0 Å². The van der Waals surface area contributed by atoms with Crippen LogP contribution in [0.2, 0.25) is 0 Å². The molecule has 0 amide bonds. The Morgan fingerprint density at radius 3 is 2.24 bits per heavy atom. The Morgan fingerprint density at radius 1 is 1.24 bits per heavy atom. The Kier molecular flexibility index (Phi) is 3.83. The van der Waals surface area contributed by atoms with Crippen LogP contribution in [0.15, 0.2) is 23.1 Å². The van der Waals surface area contributed by atoms with E-state index >= 15 is 0 Å². The summed E-state index contributed by atoms with van der Waals surface area (Å²) in [5, 5.41) is 7.55. The second-order valence-corrected chi connectivity index (χ2v) is 5.98. The second-order valence-electron chi connectivity index (χ2n) is 3.91. The summed E-state index contributed by atoms with van der Waals surface area (Å²) >= 11 is 0. The zero-order valence-corrected chi connectivity index (χ0v) is 10.1. The molecule has 0 heterocycles. The van der Waals surface area contributed by atoms with Crippen molar-refractivity contribution in [3.05, 3.63) is 29.8 Å². The van der Waals surface area contributed by atoms with Crippen LogP contribution in [0.25, 0.3) is 0 Å². The molecule has 0 aliphatic heterocycles. The molecule has 3 nitrogen and oxygen atoms in total. The van der Waals surface area contributed by atoms with Gasteiger partial charge in [-0.25, -0.2) is 17.2 Å². The molecule has 0 aromatic heterocycles. The van der Waals surface area contributed by atoms with Crippen LogP contribution in [-0.2, 0) is 9.84 Å². The van der Waals surface area contributed by atoms with Crippen LogP contribution >= 0.6 is 0 Å². The quantitative estimate of drug-likeness (QED) is 0.782. The van der Waals surface area contributed by atoms with Gasteiger partial charge in [0.15, 0.2) is 26.7 Å². The van der Waals surface area contributed by atoms with Crippen molar-refractivity contribution in [2.45, 2.75) is 24.0 Å². The average Bonchev–Trinajstić information content (AvgIpc) is 2.21. The summed E-state index contributed by atoms with van der Waals surface area (Å²) < 4.78 is 49.6. The number of sulfone groups is 1. The van der Waals surface area contributed by atoms with Gasteiger partial charge in [0.25, 0.3) is 0 Å². The minimum atomic E-state index is -3.96. The zero-order valence-electron chi connectivity index (χ0n) is 9.31. The molecule has 0 aliphatic carbocycles. The molecular weight excluding hydrogens is 248 g/mol. The average molecular weight is 259 g/mol. The molecule has 6 heteroatoms. The molecule has 92 valence electrons. The van der Waals surface area contributed by atoms with E-state index in [1.165, 1.54) is 0 Å². The first-order valence-corrected chi connectivity index (χ1v) is 6.44. The fourth-order valence-corrected chi connectivity index (χ4v) is 3.05. The summed E-state index contributed by atoms with van der Waals surface area (Å²) in [6.07, 6.45) is 0. The number of hydrogen-bond donors (Lipinski definition) is 0. The van der Waals surface area contributed by atoms with Crippen LogP contribution in [-0.4, -0.2) is 13.7 Å². The summed E-state index contributed by atoms with van der Waals surface area (Å²) in [4.78, 5) is -0.378. The molecule has 0 saturated carbocycles. The van der Waals surface area contributed by atoms with Crippen molar-refractivity contribution in [3.8, 4) is 6.07 Å². The molecule has 0 fully saturated rings. The Hall–Kier alpha value is -1.48. The molecule has 1 aromatic carbocycles. The highest BCUT2D eigenvalue weighted by molar-refractivity contribution is 7.92. The first-order valence-electron chi connectivity index (χ1n) is 4.89. The van der Waals surface area contributed by atoms with Crippen LogP contribution in [0.4, 0.5) is 8.78 Å². The van der Waals surface area contributed by atoms with Crippen molar-refractivity contribution < 1.29 is 17.2 Å². The first kappa shape index (κ1) is 13.6. The molecule has 1 atom stereocenters. The maximum atomic E-state index is 13.0. The normalized spacial score (nSPS) is 13.4. The largest absolute Gasteiger partial charge is 0.222 e. The zero-order chi connectivity index (χ0) is 13.2. The van der Waals surface area contributed by atoms with Gasteiger partial charge >= 0.3 is 0 Å². The lowest BCUT2D eigenvalue weighted by molar-refractivity contribution is 0.503. The Bertz CT molecular complexity index is 561. The first-order chi connectivity index (χ1) is 7.80. The van der Waals surface area contributed by atoms with Crippen molar-refractivity contribution in [1.29, 1.82) is 5.26 Å². The third kappa shape index (κ3) is 2.61. The molecule has 0 bridgehead atoms. The highest BCUT2D eigenvalue weighted by Gasteiger charge is 2.30. The van der Waals surface area contributed by atoms with E-state index in [1.54, 1.807) is 19.9 Å². The molecule has 0 spiro atoms. The van der Waals surface area contributed by atoms with Crippen LogP contribution in [0, 0.1) is 28.9 Å². The van der Waals surface area contributed by atoms with Gasteiger partial charge in [-0.15, -0.1) is 0 Å². The van der Waals surface area contributed by atoms with E-state index in [0.29, 0.717) is 6.07 Å². The predicted molar refractivity (Wildman–Crippen MR) is 57.8 cm³/mol. The van der Waals surface area contributed by atoms with Gasteiger partial charge in [-0.2, -0.15) is 5.26 Å². The van der Waals surface area contributed by atoms with E-state index in [2.05, 4.69) is 0 Å².